The molecule has 0 spiro atoms. The Kier molecular flexibility index (Phi) is 11.3. The fourth-order valence-corrected chi connectivity index (χ4v) is 4.72. The molecule has 11 nitrogen and oxygen atoms in total. The number of hydrogen-bond donors (Lipinski definition) is 3. The number of allylic oxidation sites excluding steroid dienone is 1. The number of methoxy groups -OCH3 is 1. The molecule has 0 bridgehead atoms. The largest absolute Gasteiger partial charge is 0.465 e. The van der Waals surface area contributed by atoms with E-state index in [1.54, 1.807) is 18.2 Å². The van der Waals surface area contributed by atoms with Crippen molar-refractivity contribution in [1.82, 2.24) is 15.3 Å². The SMILES string of the molecule is CCO[C@H]1OC(C(=O)NCc2nc3ccccc3[nH]2)=C[C@@H](c2ccc(C(=O)OC)cc2)[C@@H]1CCOCCOCCO. The first kappa shape index (κ1) is 30.2. The van der Waals surface area contributed by atoms with Crippen LogP contribution in [0.25, 0.3) is 11.0 Å². The van der Waals surface area contributed by atoms with E-state index in [4.69, 9.17) is 28.8 Å². The Morgan fingerprint density at radius 3 is 2.51 bits per heavy atom. The zero-order valence-corrected chi connectivity index (χ0v) is 23.3. The van der Waals surface area contributed by atoms with Crippen LogP contribution in [0, 0.1) is 5.92 Å². The number of nitrogens with zero attached hydrogens (tertiary/aromatic N) is 1. The lowest BCUT2D eigenvalue weighted by atomic mass is 9.81. The van der Waals surface area contributed by atoms with Crippen molar-refractivity contribution in [3.8, 4) is 0 Å². The van der Waals surface area contributed by atoms with Crippen molar-refractivity contribution >= 4 is 22.9 Å². The van der Waals surface area contributed by atoms with Crippen LogP contribution in [-0.2, 0) is 35.0 Å². The van der Waals surface area contributed by atoms with Crippen LogP contribution in [0.1, 0.15) is 41.0 Å². The van der Waals surface area contributed by atoms with Gasteiger partial charge in [0.15, 0.2) is 5.76 Å². The molecular formula is C30H37N3O8. The topological polar surface area (TPSA) is 141 Å². The Balaban J connectivity index is 1.52. The fourth-order valence-electron chi connectivity index (χ4n) is 4.72. The van der Waals surface area contributed by atoms with Crippen LogP contribution < -0.4 is 5.32 Å². The first-order chi connectivity index (χ1) is 20.0. The Morgan fingerprint density at radius 2 is 1.80 bits per heavy atom. The highest BCUT2D eigenvalue weighted by Crippen LogP contribution is 2.39. The highest BCUT2D eigenvalue weighted by Gasteiger charge is 2.38. The Morgan fingerprint density at radius 1 is 1.05 bits per heavy atom. The van der Waals surface area contributed by atoms with Gasteiger partial charge in [0.2, 0.25) is 6.29 Å². The van der Waals surface area contributed by atoms with Gasteiger partial charge in [0.25, 0.3) is 5.91 Å². The highest BCUT2D eigenvalue weighted by atomic mass is 16.7. The summed E-state index contributed by atoms with van der Waals surface area (Å²) < 4.78 is 27.9. The van der Waals surface area contributed by atoms with Crippen molar-refractivity contribution in [1.29, 1.82) is 0 Å². The van der Waals surface area contributed by atoms with E-state index in [2.05, 4.69) is 15.3 Å². The lowest BCUT2D eigenvalue weighted by molar-refractivity contribution is -0.168. The maximum absolute atomic E-state index is 13.3. The zero-order chi connectivity index (χ0) is 29.0. The number of aliphatic hydroxyl groups excluding tert-OH is 1. The molecule has 3 N–H and O–H groups in total. The van der Waals surface area contributed by atoms with Gasteiger partial charge in [-0.15, -0.1) is 0 Å². The molecule has 3 aromatic rings. The van der Waals surface area contributed by atoms with Gasteiger partial charge in [-0.2, -0.15) is 0 Å². The third-order valence-electron chi connectivity index (χ3n) is 6.71. The summed E-state index contributed by atoms with van der Waals surface area (Å²) in [5.74, 6) is -0.466. The molecule has 3 atom stereocenters. The van der Waals surface area contributed by atoms with Gasteiger partial charge >= 0.3 is 5.97 Å². The molecule has 1 aromatic heterocycles. The highest BCUT2D eigenvalue weighted by molar-refractivity contribution is 5.92. The number of fused-ring (bicyclic) bond motifs is 1. The van der Waals surface area contributed by atoms with E-state index in [1.807, 2.05) is 43.3 Å². The molecule has 11 heteroatoms. The van der Waals surface area contributed by atoms with Crippen LogP contribution in [0.2, 0.25) is 0 Å². The second-order valence-corrected chi connectivity index (χ2v) is 9.40. The van der Waals surface area contributed by atoms with E-state index in [-0.39, 0.29) is 43.3 Å². The first-order valence-electron chi connectivity index (χ1n) is 13.7. The summed E-state index contributed by atoms with van der Waals surface area (Å²) in [5.41, 5.74) is 3.04. The standard InChI is InChI=1S/C30H37N3O8/c1-3-40-30-22(12-14-38-16-17-39-15-13-34)23(20-8-10-21(11-9-20)29(36)37-2)18-26(41-30)28(35)31-19-27-32-24-6-4-5-7-25(24)33-27/h4-11,18,22-23,30,34H,3,12-17,19H2,1-2H3,(H,31,35)(H,32,33)/t22-,23-,30-/m0/s1. The smallest absolute Gasteiger partial charge is 0.337 e. The summed E-state index contributed by atoms with van der Waals surface area (Å²) in [6.07, 6.45) is 1.68. The van der Waals surface area contributed by atoms with E-state index >= 15 is 0 Å². The minimum absolute atomic E-state index is 0.0353. The van der Waals surface area contributed by atoms with E-state index in [0.29, 0.717) is 44.2 Å². The number of aliphatic hydroxyl groups is 1. The van der Waals surface area contributed by atoms with Crippen molar-refractivity contribution < 1.29 is 38.4 Å². The van der Waals surface area contributed by atoms with Gasteiger partial charge in [-0.25, -0.2) is 9.78 Å². The minimum Gasteiger partial charge on any atom is -0.465 e. The molecule has 0 radical (unpaired) electrons. The van der Waals surface area contributed by atoms with Gasteiger partial charge in [0.1, 0.15) is 5.82 Å². The molecule has 0 unspecified atom stereocenters. The number of carbonyl (C=O) groups is 2. The van der Waals surface area contributed by atoms with Crippen molar-refractivity contribution in [3.63, 3.8) is 0 Å². The maximum Gasteiger partial charge on any atom is 0.337 e. The molecule has 4 rings (SSSR count). The number of esters is 1. The molecule has 0 aliphatic carbocycles. The van der Waals surface area contributed by atoms with Gasteiger partial charge in [-0.05, 0) is 49.2 Å². The van der Waals surface area contributed by atoms with Gasteiger partial charge in [0.05, 0.1) is 56.7 Å². The van der Waals surface area contributed by atoms with E-state index in [9.17, 15) is 9.59 Å². The van der Waals surface area contributed by atoms with Crippen molar-refractivity contribution in [2.24, 2.45) is 5.92 Å². The van der Waals surface area contributed by atoms with Crippen LogP contribution in [0.4, 0.5) is 0 Å². The summed E-state index contributed by atoms with van der Waals surface area (Å²) in [7, 11) is 1.34. The van der Waals surface area contributed by atoms with E-state index in [1.165, 1.54) is 7.11 Å². The summed E-state index contributed by atoms with van der Waals surface area (Å²) in [5, 5.41) is 11.7. The Labute approximate surface area is 238 Å². The molecular weight excluding hydrogens is 530 g/mol. The number of aromatic amines is 1. The molecule has 2 heterocycles. The lowest BCUT2D eigenvalue weighted by Crippen LogP contribution is -2.39. The molecule has 0 saturated heterocycles. The number of imidazole rings is 1. The molecule has 41 heavy (non-hydrogen) atoms. The van der Waals surface area contributed by atoms with Crippen LogP contribution in [0.15, 0.2) is 60.4 Å². The van der Waals surface area contributed by atoms with Gasteiger partial charge < -0.3 is 39.1 Å². The molecule has 1 aliphatic heterocycles. The number of carbonyl (C=O) groups excluding carboxylic acids is 2. The van der Waals surface area contributed by atoms with Crippen LogP contribution in [0.5, 0.6) is 0 Å². The predicted octanol–water partition coefficient (Wildman–Crippen LogP) is 3.06. The van der Waals surface area contributed by atoms with E-state index < -0.39 is 12.3 Å². The average molecular weight is 568 g/mol. The zero-order valence-electron chi connectivity index (χ0n) is 23.3. The third-order valence-corrected chi connectivity index (χ3v) is 6.71. The number of hydrogen-bond acceptors (Lipinski definition) is 9. The normalized spacial score (nSPS) is 18.5. The molecule has 1 aliphatic rings. The van der Waals surface area contributed by atoms with Crippen molar-refractivity contribution in [3.05, 3.63) is 77.3 Å². The Bertz CT molecular complexity index is 1270. The quantitative estimate of drug-likeness (QED) is 0.187. The molecule has 0 saturated carbocycles. The number of amides is 1. The molecule has 2 aromatic carbocycles. The number of rotatable bonds is 15. The number of para-hydroxylation sites is 2. The summed E-state index contributed by atoms with van der Waals surface area (Å²) in [6.45, 7) is 3.86. The van der Waals surface area contributed by atoms with Crippen molar-refractivity contribution in [2.75, 3.05) is 46.8 Å². The Hall–Kier alpha value is -3.77. The number of benzene rings is 2. The van der Waals surface area contributed by atoms with Crippen LogP contribution in [-0.4, -0.2) is 80.0 Å². The third kappa shape index (κ3) is 8.14. The first-order valence-corrected chi connectivity index (χ1v) is 13.7. The number of H-pyrrole nitrogens is 1. The van der Waals surface area contributed by atoms with Gasteiger partial charge in [0, 0.05) is 25.0 Å². The van der Waals surface area contributed by atoms with Crippen LogP contribution in [0.3, 0.4) is 0 Å². The number of aromatic nitrogens is 2. The molecule has 220 valence electrons. The fraction of sp³-hybridized carbons (Fsp3) is 0.433. The summed E-state index contributed by atoms with van der Waals surface area (Å²) in [6, 6.07) is 14.8. The monoisotopic (exact) mass is 567 g/mol. The number of nitrogens with one attached hydrogen (secondary N) is 2. The maximum atomic E-state index is 13.3. The van der Waals surface area contributed by atoms with Gasteiger partial charge in [-0.3, -0.25) is 4.79 Å². The molecule has 0 fully saturated rings. The molecule has 1 amide bonds. The number of ether oxygens (including phenoxy) is 5. The van der Waals surface area contributed by atoms with Crippen molar-refractivity contribution in [2.45, 2.75) is 32.1 Å². The summed E-state index contributed by atoms with van der Waals surface area (Å²) in [4.78, 5) is 33.0. The summed E-state index contributed by atoms with van der Waals surface area (Å²) >= 11 is 0. The minimum atomic E-state index is -0.698. The average Bonchev–Trinajstić information content (AvgIpc) is 3.42. The van der Waals surface area contributed by atoms with Gasteiger partial charge in [-0.1, -0.05) is 24.3 Å². The predicted molar refractivity (Wildman–Crippen MR) is 150 cm³/mol. The van der Waals surface area contributed by atoms with E-state index in [0.717, 1.165) is 16.6 Å². The second kappa shape index (κ2) is 15.3. The second-order valence-electron chi connectivity index (χ2n) is 9.40. The van der Waals surface area contributed by atoms with Crippen LogP contribution >= 0.6 is 0 Å². The lowest BCUT2D eigenvalue weighted by Gasteiger charge is -2.37.